The van der Waals surface area contributed by atoms with Gasteiger partial charge in [-0.05, 0) is 51.3 Å². The summed E-state index contributed by atoms with van der Waals surface area (Å²) in [4.78, 5) is 11.7. The molecule has 1 fully saturated rings. The summed E-state index contributed by atoms with van der Waals surface area (Å²) in [5.74, 6) is 2.84. The Balaban J connectivity index is 2.08. The molecule has 0 atom stereocenters. The van der Waals surface area contributed by atoms with Crippen molar-refractivity contribution < 1.29 is 9.53 Å². The minimum absolute atomic E-state index is 0.119. The van der Waals surface area contributed by atoms with E-state index in [1.165, 1.54) is 0 Å². The second kappa shape index (κ2) is 4.62. The monoisotopic (exact) mass is 257 g/mol. The Hall–Kier alpha value is -1.95. The number of nitrogens with one attached hydrogen (secondary N) is 1. The van der Waals surface area contributed by atoms with Crippen molar-refractivity contribution in [1.82, 2.24) is 0 Å². The normalized spacial score (nSPS) is 16.3. The molecule has 1 aliphatic carbocycles. The summed E-state index contributed by atoms with van der Waals surface area (Å²) in [5.41, 5.74) is 1.18. The summed E-state index contributed by atoms with van der Waals surface area (Å²) in [6.45, 7) is 5.50. The van der Waals surface area contributed by atoms with Crippen LogP contribution in [0.4, 0.5) is 10.5 Å². The van der Waals surface area contributed by atoms with Crippen molar-refractivity contribution in [2.75, 3.05) is 5.32 Å². The molecule has 3 heteroatoms. The average molecular weight is 257 g/mol. The van der Waals surface area contributed by atoms with Crippen LogP contribution < -0.4 is 5.32 Å². The lowest BCUT2D eigenvalue weighted by Gasteiger charge is -2.20. The van der Waals surface area contributed by atoms with Crippen molar-refractivity contribution in [1.29, 1.82) is 0 Å². The van der Waals surface area contributed by atoms with Crippen molar-refractivity contribution >= 4 is 11.8 Å². The van der Waals surface area contributed by atoms with E-state index in [1.807, 2.05) is 45.0 Å². The predicted octanol–water partition coefficient (Wildman–Crippen LogP) is 3.70. The van der Waals surface area contributed by atoms with Gasteiger partial charge in [0.25, 0.3) is 0 Å². The zero-order valence-electron chi connectivity index (χ0n) is 11.6. The van der Waals surface area contributed by atoms with Crippen LogP contribution in [0.25, 0.3) is 0 Å². The van der Waals surface area contributed by atoms with E-state index >= 15 is 0 Å². The van der Waals surface area contributed by atoms with Crippen LogP contribution in [0.1, 0.15) is 39.2 Å². The number of ether oxygens (including phenoxy) is 1. The van der Waals surface area contributed by atoms with Gasteiger partial charge in [0.1, 0.15) is 5.60 Å². The van der Waals surface area contributed by atoms with Crippen LogP contribution in [0, 0.1) is 12.3 Å². The minimum atomic E-state index is -0.502. The first-order valence-corrected chi connectivity index (χ1v) is 6.43. The first-order valence-electron chi connectivity index (χ1n) is 6.43. The summed E-state index contributed by atoms with van der Waals surface area (Å²) in [6.07, 6.45) is 7.15. The number of hydrogen-bond acceptors (Lipinski definition) is 2. The molecule has 0 aromatic heterocycles. The van der Waals surface area contributed by atoms with Gasteiger partial charge < -0.3 is 4.74 Å². The van der Waals surface area contributed by atoms with Crippen LogP contribution in [-0.2, 0) is 10.2 Å². The molecule has 3 nitrogen and oxygen atoms in total. The highest BCUT2D eigenvalue weighted by Crippen LogP contribution is 2.47. The van der Waals surface area contributed by atoms with Crippen LogP contribution in [0.5, 0.6) is 0 Å². The van der Waals surface area contributed by atoms with Crippen molar-refractivity contribution in [2.24, 2.45) is 0 Å². The molecule has 0 bridgehead atoms. The van der Waals surface area contributed by atoms with Gasteiger partial charge in [-0.2, -0.15) is 0 Å². The lowest BCUT2D eigenvalue weighted by Crippen LogP contribution is -2.27. The number of carbonyl (C=O) groups is 1. The number of hydrogen-bond donors (Lipinski definition) is 1. The largest absolute Gasteiger partial charge is 0.444 e. The third-order valence-electron chi connectivity index (χ3n) is 3.09. The molecule has 0 unspecified atom stereocenters. The number of benzene rings is 1. The zero-order valence-corrected chi connectivity index (χ0v) is 11.6. The molecule has 1 aliphatic rings. The van der Waals surface area contributed by atoms with E-state index in [4.69, 9.17) is 11.2 Å². The van der Waals surface area contributed by atoms with Crippen molar-refractivity contribution in [3.63, 3.8) is 0 Å². The standard InChI is InChI=1S/C16H19NO2/c1-5-16(9-10-16)12-7-6-8-13(11-12)17-14(18)19-15(2,3)4/h1,6-8,11H,9-10H2,2-4H3,(H,17,18). The van der Waals surface area contributed by atoms with Crippen LogP contribution in [0.2, 0.25) is 0 Å². The number of amides is 1. The highest BCUT2D eigenvalue weighted by atomic mass is 16.6. The Labute approximate surface area is 114 Å². The van der Waals surface area contributed by atoms with Gasteiger partial charge in [0.05, 0.1) is 5.41 Å². The number of rotatable bonds is 2. The first-order chi connectivity index (χ1) is 8.85. The molecule has 1 amide bonds. The molecule has 19 heavy (non-hydrogen) atoms. The molecular formula is C16H19NO2. The number of carbonyl (C=O) groups excluding carboxylic acids is 1. The predicted molar refractivity (Wildman–Crippen MR) is 76.0 cm³/mol. The fourth-order valence-electron chi connectivity index (χ4n) is 1.96. The van der Waals surface area contributed by atoms with E-state index in [9.17, 15) is 4.79 Å². The molecule has 0 saturated heterocycles. The average Bonchev–Trinajstić information content (AvgIpc) is 3.07. The van der Waals surface area contributed by atoms with Gasteiger partial charge in [-0.25, -0.2) is 4.79 Å². The van der Waals surface area contributed by atoms with Gasteiger partial charge in [0.2, 0.25) is 0 Å². The molecule has 0 radical (unpaired) electrons. The van der Waals surface area contributed by atoms with E-state index in [0.717, 1.165) is 18.4 Å². The molecule has 1 aromatic rings. The summed E-state index contributed by atoms with van der Waals surface area (Å²) < 4.78 is 5.22. The van der Waals surface area contributed by atoms with E-state index < -0.39 is 11.7 Å². The fraction of sp³-hybridized carbons (Fsp3) is 0.438. The van der Waals surface area contributed by atoms with Crippen LogP contribution in [-0.4, -0.2) is 11.7 Å². The number of terminal acetylenes is 1. The van der Waals surface area contributed by atoms with Crippen molar-refractivity contribution in [3.05, 3.63) is 29.8 Å². The van der Waals surface area contributed by atoms with Crippen LogP contribution >= 0.6 is 0 Å². The van der Waals surface area contributed by atoms with E-state index in [-0.39, 0.29) is 5.41 Å². The molecule has 1 N–H and O–H groups in total. The van der Waals surface area contributed by atoms with Gasteiger partial charge >= 0.3 is 6.09 Å². The van der Waals surface area contributed by atoms with Gasteiger partial charge in [0.15, 0.2) is 0 Å². The summed E-state index contributed by atoms with van der Waals surface area (Å²) in [5, 5.41) is 2.73. The SMILES string of the molecule is C#CC1(c2cccc(NC(=O)OC(C)(C)C)c2)CC1. The number of anilines is 1. The zero-order chi connectivity index (χ0) is 14.1. The smallest absolute Gasteiger partial charge is 0.412 e. The molecule has 2 rings (SSSR count). The molecule has 1 aromatic carbocycles. The lowest BCUT2D eigenvalue weighted by molar-refractivity contribution is 0.0636. The third-order valence-corrected chi connectivity index (χ3v) is 3.09. The molecule has 0 aliphatic heterocycles. The summed E-state index contributed by atoms with van der Waals surface area (Å²) in [6, 6.07) is 7.67. The highest BCUT2D eigenvalue weighted by Gasteiger charge is 2.42. The maximum atomic E-state index is 11.7. The second-order valence-electron chi connectivity index (χ2n) is 5.93. The van der Waals surface area contributed by atoms with Crippen LogP contribution in [0.3, 0.4) is 0 Å². The maximum Gasteiger partial charge on any atom is 0.412 e. The molecule has 1 saturated carbocycles. The van der Waals surface area contributed by atoms with Gasteiger partial charge in [-0.3, -0.25) is 5.32 Å². The van der Waals surface area contributed by atoms with E-state index in [1.54, 1.807) is 0 Å². The van der Waals surface area contributed by atoms with Gasteiger partial charge in [-0.15, -0.1) is 6.42 Å². The van der Waals surface area contributed by atoms with E-state index in [0.29, 0.717) is 5.69 Å². The van der Waals surface area contributed by atoms with Gasteiger partial charge in [0, 0.05) is 5.69 Å². The Morgan fingerprint density at radius 2 is 2.11 bits per heavy atom. The molecular weight excluding hydrogens is 238 g/mol. The highest BCUT2D eigenvalue weighted by molar-refractivity contribution is 5.85. The summed E-state index contributed by atoms with van der Waals surface area (Å²) >= 11 is 0. The first kappa shape index (κ1) is 13.5. The summed E-state index contributed by atoms with van der Waals surface area (Å²) in [7, 11) is 0. The van der Waals surface area contributed by atoms with Crippen molar-refractivity contribution in [2.45, 2.75) is 44.6 Å². The Morgan fingerprint density at radius 3 is 2.63 bits per heavy atom. The third kappa shape index (κ3) is 3.29. The van der Waals surface area contributed by atoms with E-state index in [2.05, 4.69) is 11.2 Å². The fourth-order valence-corrected chi connectivity index (χ4v) is 1.96. The maximum absolute atomic E-state index is 11.7. The van der Waals surface area contributed by atoms with Crippen molar-refractivity contribution in [3.8, 4) is 12.3 Å². The Morgan fingerprint density at radius 1 is 1.42 bits per heavy atom. The Kier molecular flexibility index (Phi) is 3.28. The minimum Gasteiger partial charge on any atom is -0.444 e. The molecule has 0 spiro atoms. The second-order valence-corrected chi connectivity index (χ2v) is 5.93. The van der Waals surface area contributed by atoms with Crippen LogP contribution in [0.15, 0.2) is 24.3 Å². The topological polar surface area (TPSA) is 38.3 Å². The quantitative estimate of drug-likeness (QED) is 0.820. The lowest BCUT2D eigenvalue weighted by atomic mass is 9.97. The van der Waals surface area contributed by atoms with Gasteiger partial charge in [-0.1, -0.05) is 18.1 Å². The molecule has 100 valence electrons. The Bertz CT molecular complexity index is 530. The molecule has 0 heterocycles.